The number of carbonyl (C=O) groups is 2. The zero-order valence-electron chi connectivity index (χ0n) is 14.1. The van der Waals surface area contributed by atoms with E-state index in [1.54, 1.807) is 24.3 Å². The Hall–Kier alpha value is -2.82. The molecule has 1 aliphatic carbocycles. The first-order valence-electron chi connectivity index (χ1n) is 8.59. The Morgan fingerprint density at radius 2 is 1.84 bits per heavy atom. The minimum absolute atomic E-state index is 0.172. The molecule has 0 spiro atoms. The smallest absolute Gasteiger partial charge is 0.261 e. The molecule has 0 fully saturated rings. The fraction of sp³-hybridized carbons (Fsp3) is 0.300. The summed E-state index contributed by atoms with van der Waals surface area (Å²) < 4.78 is 0. The lowest BCUT2D eigenvalue weighted by molar-refractivity contribution is 0.0640. The summed E-state index contributed by atoms with van der Waals surface area (Å²) in [6.45, 7) is 2.42. The molecule has 0 saturated heterocycles. The van der Waals surface area contributed by atoms with Crippen LogP contribution < -0.4 is 0 Å². The molecule has 1 atom stereocenters. The zero-order chi connectivity index (χ0) is 17.4. The first-order chi connectivity index (χ1) is 12.1. The molecule has 2 aliphatic rings. The van der Waals surface area contributed by atoms with Crippen LogP contribution >= 0.6 is 0 Å². The van der Waals surface area contributed by atoms with Crippen molar-refractivity contribution in [2.24, 2.45) is 5.92 Å². The minimum Gasteiger partial charge on any atom is -0.269 e. The number of rotatable bonds is 3. The summed E-state index contributed by atoms with van der Waals surface area (Å²) in [6.07, 6.45) is 6.98. The maximum absolute atomic E-state index is 12.5. The van der Waals surface area contributed by atoms with Crippen LogP contribution in [0.4, 0.5) is 0 Å². The summed E-state index contributed by atoms with van der Waals surface area (Å²) in [4.78, 5) is 34.9. The number of hydrogen-bond donors (Lipinski definition) is 0. The van der Waals surface area contributed by atoms with Gasteiger partial charge in [0.1, 0.15) is 6.33 Å². The van der Waals surface area contributed by atoms with E-state index in [-0.39, 0.29) is 18.4 Å². The summed E-state index contributed by atoms with van der Waals surface area (Å²) in [5, 5.41) is 0. The average molecular weight is 333 g/mol. The quantitative estimate of drug-likeness (QED) is 0.807. The van der Waals surface area contributed by atoms with Gasteiger partial charge in [-0.15, -0.1) is 0 Å². The van der Waals surface area contributed by atoms with Gasteiger partial charge in [0.05, 0.1) is 29.1 Å². The van der Waals surface area contributed by atoms with Crippen LogP contribution in [-0.4, -0.2) is 26.7 Å². The SMILES string of the molecule is CC1CC=C(c2cc(CN3C(=O)c4ccccc4C3=O)ncn2)CC1. The summed E-state index contributed by atoms with van der Waals surface area (Å²) >= 11 is 0. The van der Waals surface area contributed by atoms with E-state index in [1.807, 2.05) is 6.07 Å². The van der Waals surface area contributed by atoms with Crippen molar-refractivity contribution in [3.8, 4) is 0 Å². The Morgan fingerprint density at radius 1 is 1.12 bits per heavy atom. The first kappa shape index (κ1) is 15.7. The summed E-state index contributed by atoms with van der Waals surface area (Å²) in [7, 11) is 0. The van der Waals surface area contributed by atoms with Gasteiger partial charge in [0.15, 0.2) is 0 Å². The predicted octanol–water partition coefficient (Wildman–Crippen LogP) is 3.48. The predicted molar refractivity (Wildman–Crippen MR) is 93.7 cm³/mol. The van der Waals surface area contributed by atoms with E-state index in [1.165, 1.54) is 16.8 Å². The lowest BCUT2D eigenvalue weighted by Crippen LogP contribution is -2.29. The molecule has 25 heavy (non-hydrogen) atoms. The van der Waals surface area contributed by atoms with Gasteiger partial charge in [0.2, 0.25) is 0 Å². The monoisotopic (exact) mass is 333 g/mol. The van der Waals surface area contributed by atoms with Gasteiger partial charge in [-0.1, -0.05) is 25.1 Å². The van der Waals surface area contributed by atoms with Crippen LogP contribution in [0.3, 0.4) is 0 Å². The van der Waals surface area contributed by atoms with Crippen molar-refractivity contribution in [3.05, 3.63) is 65.2 Å². The Balaban J connectivity index is 1.57. The van der Waals surface area contributed by atoms with E-state index in [9.17, 15) is 9.59 Å². The van der Waals surface area contributed by atoms with Crippen LogP contribution in [0.5, 0.6) is 0 Å². The van der Waals surface area contributed by atoms with Crippen LogP contribution in [0, 0.1) is 5.92 Å². The number of amides is 2. The first-order valence-corrected chi connectivity index (χ1v) is 8.59. The van der Waals surface area contributed by atoms with Crippen molar-refractivity contribution in [2.45, 2.75) is 32.7 Å². The molecule has 2 amide bonds. The van der Waals surface area contributed by atoms with Gasteiger partial charge in [-0.2, -0.15) is 0 Å². The fourth-order valence-electron chi connectivity index (χ4n) is 3.40. The second-order valence-electron chi connectivity index (χ2n) is 6.75. The second kappa shape index (κ2) is 6.24. The molecule has 2 aromatic rings. The highest BCUT2D eigenvalue weighted by Gasteiger charge is 2.35. The van der Waals surface area contributed by atoms with Crippen molar-refractivity contribution in [1.29, 1.82) is 0 Å². The van der Waals surface area contributed by atoms with Crippen molar-refractivity contribution in [1.82, 2.24) is 14.9 Å². The molecule has 0 saturated carbocycles. The lowest BCUT2D eigenvalue weighted by atomic mass is 9.89. The molecule has 126 valence electrons. The highest BCUT2D eigenvalue weighted by Crippen LogP contribution is 2.29. The third-order valence-corrected chi connectivity index (χ3v) is 4.92. The third-order valence-electron chi connectivity index (χ3n) is 4.92. The molecule has 1 aliphatic heterocycles. The highest BCUT2D eigenvalue weighted by molar-refractivity contribution is 6.21. The molecule has 0 N–H and O–H groups in total. The van der Waals surface area contributed by atoms with E-state index >= 15 is 0 Å². The molecule has 2 heterocycles. The van der Waals surface area contributed by atoms with Gasteiger partial charge >= 0.3 is 0 Å². The number of fused-ring (bicyclic) bond motifs is 1. The number of imide groups is 1. The molecule has 1 aromatic heterocycles. The molecular weight excluding hydrogens is 314 g/mol. The van der Waals surface area contributed by atoms with Gasteiger partial charge < -0.3 is 0 Å². The largest absolute Gasteiger partial charge is 0.269 e. The lowest BCUT2D eigenvalue weighted by Gasteiger charge is -2.18. The highest BCUT2D eigenvalue weighted by atomic mass is 16.2. The van der Waals surface area contributed by atoms with Gasteiger partial charge in [0.25, 0.3) is 11.8 Å². The van der Waals surface area contributed by atoms with E-state index in [2.05, 4.69) is 23.0 Å². The number of nitrogens with zero attached hydrogens (tertiary/aromatic N) is 3. The van der Waals surface area contributed by atoms with Crippen LogP contribution in [0.1, 0.15) is 58.3 Å². The Kier molecular flexibility index (Phi) is 3.92. The topological polar surface area (TPSA) is 63.2 Å². The second-order valence-corrected chi connectivity index (χ2v) is 6.75. The molecule has 5 nitrogen and oxygen atoms in total. The van der Waals surface area contributed by atoms with Crippen LogP contribution in [0.2, 0.25) is 0 Å². The normalized spacial score (nSPS) is 19.8. The van der Waals surface area contributed by atoms with Crippen molar-refractivity contribution >= 4 is 17.4 Å². The van der Waals surface area contributed by atoms with Crippen molar-refractivity contribution < 1.29 is 9.59 Å². The van der Waals surface area contributed by atoms with E-state index in [4.69, 9.17) is 0 Å². The standard InChI is InChI=1S/C20H19N3O2/c1-13-6-8-14(9-7-13)18-10-15(21-12-22-18)11-23-19(24)16-4-2-3-5-17(16)20(23)25/h2-5,8,10,12-13H,6-7,9,11H2,1H3. The number of allylic oxidation sites excluding steroid dienone is 2. The maximum Gasteiger partial charge on any atom is 0.261 e. The van der Waals surface area contributed by atoms with Crippen molar-refractivity contribution in [3.63, 3.8) is 0 Å². The molecule has 4 rings (SSSR count). The summed E-state index contributed by atoms with van der Waals surface area (Å²) in [5.41, 5.74) is 3.73. The van der Waals surface area contributed by atoms with Gasteiger partial charge in [-0.25, -0.2) is 9.97 Å². The summed E-state index contributed by atoms with van der Waals surface area (Å²) in [5.74, 6) is 0.196. The molecule has 1 unspecified atom stereocenters. The number of benzene rings is 1. The Morgan fingerprint density at radius 3 is 2.48 bits per heavy atom. The molecular formula is C20H19N3O2. The number of aromatic nitrogens is 2. The molecule has 0 radical (unpaired) electrons. The minimum atomic E-state index is -0.258. The Labute approximate surface area is 146 Å². The molecule has 5 heteroatoms. The van der Waals surface area contributed by atoms with Gasteiger partial charge in [0, 0.05) is 0 Å². The van der Waals surface area contributed by atoms with Crippen LogP contribution in [-0.2, 0) is 6.54 Å². The Bertz CT molecular complexity index is 853. The van der Waals surface area contributed by atoms with Crippen LogP contribution in [0.25, 0.3) is 5.57 Å². The van der Waals surface area contributed by atoms with Gasteiger partial charge in [-0.3, -0.25) is 14.5 Å². The van der Waals surface area contributed by atoms with E-state index in [0.29, 0.717) is 22.7 Å². The molecule has 0 bridgehead atoms. The van der Waals surface area contributed by atoms with Crippen molar-refractivity contribution in [2.75, 3.05) is 0 Å². The third kappa shape index (κ3) is 2.86. The number of hydrogen-bond acceptors (Lipinski definition) is 4. The fourth-order valence-corrected chi connectivity index (χ4v) is 3.40. The number of carbonyl (C=O) groups excluding carboxylic acids is 2. The van der Waals surface area contributed by atoms with Gasteiger partial charge in [-0.05, 0) is 49.0 Å². The summed E-state index contributed by atoms with van der Waals surface area (Å²) in [6, 6.07) is 8.81. The van der Waals surface area contributed by atoms with E-state index in [0.717, 1.165) is 25.0 Å². The molecule has 1 aromatic carbocycles. The average Bonchev–Trinajstić information content (AvgIpc) is 2.88. The maximum atomic E-state index is 12.5. The zero-order valence-corrected chi connectivity index (χ0v) is 14.1. The van der Waals surface area contributed by atoms with Crippen LogP contribution in [0.15, 0.2) is 42.7 Å². The van der Waals surface area contributed by atoms with E-state index < -0.39 is 0 Å².